The molecule has 1 heterocycles. The number of rotatable bonds is 5. The van der Waals surface area contributed by atoms with Crippen molar-refractivity contribution in [2.75, 3.05) is 33.3 Å². The molecule has 0 spiro atoms. The lowest BCUT2D eigenvalue weighted by Crippen LogP contribution is -2.51. The first-order chi connectivity index (χ1) is 14.2. The van der Waals surface area contributed by atoms with Gasteiger partial charge >= 0.3 is 0 Å². The van der Waals surface area contributed by atoms with E-state index in [9.17, 15) is 18.0 Å². The van der Waals surface area contributed by atoms with Gasteiger partial charge in [0.2, 0.25) is 15.9 Å². The number of carbonyl (C=O) groups is 2. The molecule has 0 saturated carbocycles. The number of carbonyl (C=O) groups excluding carboxylic acids is 2. The normalized spacial score (nSPS) is 14.5. The van der Waals surface area contributed by atoms with Crippen molar-refractivity contribution in [3.8, 4) is 5.75 Å². The average Bonchev–Trinajstić information content (AvgIpc) is 2.73. The van der Waals surface area contributed by atoms with Gasteiger partial charge in [0, 0.05) is 31.7 Å². The third kappa shape index (κ3) is 4.98. The molecule has 0 radical (unpaired) electrons. The highest BCUT2D eigenvalue weighted by atomic mass is 32.2. The Morgan fingerprint density at radius 3 is 2.33 bits per heavy atom. The first kappa shape index (κ1) is 21.8. The van der Waals surface area contributed by atoms with Crippen molar-refractivity contribution in [3.05, 3.63) is 59.2 Å². The third-order valence-electron chi connectivity index (χ3n) is 5.18. The van der Waals surface area contributed by atoms with E-state index in [1.165, 1.54) is 12.1 Å². The Morgan fingerprint density at radius 2 is 1.70 bits per heavy atom. The molecule has 0 atom stereocenters. The predicted molar refractivity (Wildman–Crippen MR) is 112 cm³/mol. The minimum Gasteiger partial charge on any atom is -0.497 e. The van der Waals surface area contributed by atoms with Crippen LogP contribution in [0.3, 0.4) is 0 Å². The van der Waals surface area contributed by atoms with Crippen molar-refractivity contribution in [2.24, 2.45) is 5.14 Å². The Kier molecular flexibility index (Phi) is 6.42. The molecule has 0 unspecified atom stereocenters. The summed E-state index contributed by atoms with van der Waals surface area (Å²) in [7, 11) is -2.31. The molecule has 1 aliphatic rings. The lowest BCUT2D eigenvalue weighted by atomic mass is 10.1. The monoisotopic (exact) mass is 431 g/mol. The summed E-state index contributed by atoms with van der Waals surface area (Å²) in [5.74, 6) is 0.424. The number of methoxy groups -OCH3 is 1. The van der Waals surface area contributed by atoms with Crippen LogP contribution in [0.25, 0.3) is 0 Å². The fraction of sp³-hybridized carbons (Fsp3) is 0.333. The number of ether oxygens (including phenoxy) is 1. The Hall–Kier alpha value is -2.91. The zero-order chi connectivity index (χ0) is 21.9. The summed E-state index contributed by atoms with van der Waals surface area (Å²) in [6.07, 6.45) is 0.265. The molecule has 3 rings (SSSR count). The van der Waals surface area contributed by atoms with Gasteiger partial charge in [-0.3, -0.25) is 9.59 Å². The molecule has 2 amide bonds. The summed E-state index contributed by atoms with van der Waals surface area (Å²) in [5.41, 5.74) is 1.84. The summed E-state index contributed by atoms with van der Waals surface area (Å²) >= 11 is 0. The maximum atomic E-state index is 12.9. The Morgan fingerprint density at radius 1 is 1.03 bits per heavy atom. The van der Waals surface area contributed by atoms with Crippen LogP contribution in [-0.4, -0.2) is 63.3 Å². The summed E-state index contributed by atoms with van der Waals surface area (Å²) < 4.78 is 28.4. The Balaban J connectivity index is 1.64. The molecule has 160 valence electrons. The van der Waals surface area contributed by atoms with Crippen LogP contribution in [0.2, 0.25) is 0 Å². The van der Waals surface area contributed by atoms with Gasteiger partial charge in [0.25, 0.3) is 5.91 Å². The highest BCUT2D eigenvalue weighted by molar-refractivity contribution is 7.89. The third-order valence-corrected chi connectivity index (χ3v) is 6.09. The number of nitrogens with zero attached hydrogens (tertiary/aromatic N) is 2. The van der Waals surface area contributed by atoms with Gasteiger partial charge in [-0.25, -0.2) is 13.6 Å². The maximum Gasteiger partial charge on any atom is 0.254 e. The van der Waals surface area contributed by atoms with E-state index in [4.69, 9.17) is 9.88 Å². The minimum absolute atomic E-state index is 0.0113. The van der Waals surface area contributed by atoms with Crippen molar-refractivity contribution < 1.29 is 22.7 Å². The number of sulfonamides is 1. The molecule has 0 aromatic heterocycles. The van der Waals surface area contributed by atoms with Crippen molar-refractivity contribution in [1.29, 1.82) is 0 Å². The van der Waals surface area contributed by atoms with E-state index in [2.05, 4.69) is 0 Å². The Bertz CT molecular complexity index is 1060. The van der Waals surface area contributed by atoms with Crippen LogP contribution in [0.4, 0.5) is 0 Å². The summed E-state index contributed by atoms with van der Waals surface area (Å²) in [5, 5.41) is 5.18. The van der Waals surface area contributed by atoms with Gasteiger partial charge in [-0.15, -0.1) is 0 Å². The number of amides is 2. The fourth-order valence-electron chi connectivity index (χ4n) is 3.41. The molecule has 1 saturated heterocycles. The van der Waals surface area contributed by atoms with Gasteiger partial charge < -0.3 is 14.5 Å². The smallest absolute Gasteiger partial charge is 0.254 e. The van der Waals surface area contributed by atoms with Crippen LogP contribution in [0, 0.1) is 6.92 Å². The van der Waals surface area contributed by atoms with Crippen molar-refractivity contribution in [3.63, 3.8) is 0 Å². The molecule has 1 fully saturated rings. The topological polar surface area (TPSA) is 110 Å². The predicted octanol–water partition coefficient (Wildman–Crippen LogP) is 1.18. The van der Waals surface area contributed by atoms with E-state index in [1.807, 2.05) is 24.3 Å². The molecule has 0 bridgehead atoms. The SMILES string of the molecule is COc1cccc(CC(=O)N2CCN(C(=O)c3cc(S(N)(=O)=O)ccc3C)CC2)c1. The van der Waals surface area contributed by atoms with E-state index in [0.29, 0.717) is 43.1 Å². The zero-order valence-corrected chi connectivity index (χ0v) is 17.8. The number of hydrogen-bond donors (Lipinski definition) is 1. The average molecular weight is 432 g/mol. The Labute approximate surface area is 176 Å². The second kappa shape index (κ2) is 8.85. The second-order valence-electron chi connectivity index (χ2n) is 7.22. The van der Waals surface area contributed by atoms with Crippen LogP contribution < -0.4 is 9.88 Å². The first-order valence-corrected chi connectivity index (χ1v) is 11.1. The van der Waals surface area contributed by atoms with Gasteiger partial charge in [-0.2, -0.15) is 0 Å². The largest absolute Gasteiger partial charge is 0.497 e. The minimum atomic E-state index is -3.89. The summed E-state index contributed by atoms with van der Waals surface area (Å²) in [4.78, 5) is 28.8. The van der Waals surface area contributed by atoms with Gasteiger partial charge in [0.1, 0.15) is 5.75 Å². The lowest BCUT2D eigenvalue weighted by Gasteiger charge is -2.35. The van der Waals surface area contributed by atoms with Crippen LogP contribution in [0.1, 0.15) is 21.5 Å². The lowest BCUT2D eigenvalue weighted by molar-refractivity contribution is -0.131. The summed E-state index contributed by atoms with van der Waals surface area (Å²) in [6.45, 7) is 3.34. The number of hydrogen-bond acceptors (Lipinski definition) is 5. The molecule has 2 aromatic rings. The molecule has 2 aromatic carbocycles. The van der Waals surface area contributed by atoms with Crippen molar-refractivity contribution in [2.45, 2.75) is 18.2 Å². The molecule has 1 aliphatic heterocycles. The molecule has 2 N–H and O–H groups in total. The highest BCUT2D eigenvalue weighted by Gasteiger charge is 2.26. The number of nitrogens with two attached hydrogens (primary N) is 1. The highest BCUT2D eigenvalue weighted by Crippen LogP contribution is 2.18. The number of piperazine rings is 1. The van der Waals surface area contributed by atoms with Crippen LogP contribution in [0.15, 0.2) is 47.4 Å². The molecule has 8 nitrogen and oxygen atoms in total. The molecule has 9 heteroatoms. The van der Waals surface area contributed by atoms with E-state index in [-0.39, 0.29) is 23.1 Å². The van der Waals surface area contributed by atoms with Crippen molar-refractivity contribution in [1.82, 2.24) is 9.80 Å². The standard InChI is InChI=1S/C21H25N3O5S/c1-15-6-7-18(30(22,27)28)14-19(15)21(26)24-10-8-23(9-11-24)20(25)13-16-4-3-5-17(12-16)29-2/h3-7,12,14H,8-11,13H2,1-2H3,(H2,22,27,28). The van der Waals surface area contributed by atoms with E-state index in [1.54, 1.807) is 29.9 Å². The van der Waals surface area contributed by atoms with Gasteiger partial charge in [-0.05, 0) is 42.3 Å². The molecule has 30 heavy (non-hydrogen) atoms. The van der Waals surface area contributed by atoms with Crippen LogP contribution in [0.5, 0.6) is 5.75 Å². The maximum absolute atomic E-state index is 12.9. The van der Waals surface area contributed by atoms with Crippen LogP contribution in [-0.2, 0) is 21.2 Å². The van der Waals surface area contributed by atoms with Gasteiger partial charge in [0.05, 0.1) is 18.4 Å². The van der Waals surface area contributed by atoms with E-state index < -0.39 is 10.0 Å². The van der Waals surface area contributed by atoms with Crippen molar-refractivity contribution >= 4 is 21.8 Å². The zero-order valence-electron chi connectivity index (χ0n) is 17.0. The molecular formula is C21H25N3O5S. The number of aryl methyl sites for hydroxylation is 1. The second-order valence-corrected chi connectivity index (χ2v) is 8.78. The van der Waals surface area contributed by atoms with Crippen LogP contribution >= 0.6 is 0 Å². The van der Waals surface area contributed by atoms with Gasteiger partial charge in [0.15, 0.2) is 0 Å². The molecule has 0 aliphatic carbocycles. The number of primary sulfonamides is 1. The van der Waals surface area contributed by atoms with E-state index >= 15 is 0 Å². The van der Waals surface area contributed by atoms with Gasteiger partial charge in [-0.1, -0.05) is 18.2 Å². The number of benzene rings is 2. The fourth-order valence-corrected chi connectivity index (χ4v) is 3.95. The molecular weight excluding hydrogens is 406 g/mol. The first-order valence-electron chi connectivity index (χ1n) is 9.52. The quantitative estimate of drug-likeness (QED) is 0.764. The summed E-state index contributed by atoms with van der Waals surface area (Å²) in [6, 6.07) is 11.6. The van der Waals surface area contributed by atoms with E-state index in [0.717, 1.165) is 5.56 Å².